The van der Waals surface area contributed by atoms with Crippen LogP contribution < -0.4 is 5.32 Å². The van der Waals surface area contributed by atoms with Crippen LogP contribution >= 0.6 is 0 Å². The zero-order valence-corrected chi connectivity index (χ0v) is 8.21. The Morgan fingerprint density at radius 1 is 1.50 bits per heavy atom. The van der Waals surface area contributed by atoms with Gasteiger partial charge in [-0.1, -0.05) is 0 Å². The van der Waals surface area contributed by atoms with Crippen molar-refractivity contribution >= 4 is 11.6 Å². The Labute approximate surface area is 82.5 Å². The largest absolute Gasteiger partial charge is 0.429 e. The molecule has 1 amide bonds. The van der Waals surface area contributed by atoms with Crippen LogP contribution in [0.5, 0.6) is 0 Å². The van der Waals surface area contributed by atoms with Crippen molar-refractivity contribution in [2.24, 2.45) is 0 Å². The molecule has 4 nitrogen and oxygen atoms in total. The molecule has 0 saturated heterocycles. The Kier molecular flexibility index (Phi) is 2.19. The van der Waals surface area contributed by atoms with E-state index in [1.165, 1.54) is 6.92 Å². The predicted molar refractivity (Wildman–Crippen MR) is 52.6 cm³/mol. The molecule has 1 heterocycles. The van der Waals surface area contributed by atoms with Crippen LogP contribution in [0.15, 0.2) is 6.20 Å². The summed E-state index contributed by atoms with van der Waals surface area (Å²) in [5.74, 6) is -0.0935. The van der Waals surface area contributed by atoms with E-state index in [2.05, 4.69) is 5.32 Å². The van der Waals surface area contributed by atoms with Crippen molar-refractivity contribution in [1.29, 1.82) is 0 Å². The first-order valence-electron chi connectivity index (χ1n) is 4.88. The van der Waals surface area contributed by atoms with E-state index >= 15 is 0 Å². The van der Waals surface area contributed by atoms with Crippen molar-refractivity contribution in [2.75, 3.05) is 5.32 Å². The molecule has 0 radical (unpaired) electrons. The molecule has 0 bridgehead atoms. The van der Waals surface area contributed by atoms with Crippen molar-refractivity contribution in [3.8, 4) is 0 Å². The summed E-state index contributed by atoms with van der Waals surface area (Å²) in [5, 5.41) is 12.3. The maximum Gasteiger partial charge on any atom is 0.221 e. The van der Waals surface area contributed by atoms with E-state index in [4.69, 9.17) is 0 Å². The van der Waals surface area contributed by atoms with E-state index in [-0.39, 0.29) is 5.91 Å². The van der Waals surface area contributed by atoms with Gasteiger partial charge in [-0.3, -0.25) is 4.79 Å². The number of carbonyl (C=O) groups excluding carboxylic acids is 1. The Morgan fingerprint density at radius 2 is 2.21 bits per heavy atom. The van der Waals surface area contributed by atoms with Crippen molar-refractivity contribution in [3.05, 3.63) is 17.5 Å². The van der Waals surface area contributed by atoms with Gasteiger partial charge in [0.25, 0.3) is 0 Å². The fourth-order valence-electron chi connectivity index (χ4n) is 2.01. The third kappa shape index (κ3) is 1.47. The van der Waals surface area contributed by atoms with Crippen molar-refractivity contribution in [2.45, 2.75) is 32.6 Å². The van der Waals surface area contributed by atoms with Gasteiger partial charge in [0.1, 0.15) is 0 Å². The molecule has 1 aromatic rings. The average molecular weight is 194 g/mol. The quantitative estimate of drug-likeness (QED) is 0.666. The fraction of sp³-hybridized carbons (Fsp3) is 0.500. The second kappa shape index (κ2) is 3.36. The monoisotopic (exact) mass is 194 g/mol. The highest BCUT2D eigenvalue weighted by Crippen LogP contribution is 2.29. The first-order valence-corrected chi connectivity index (χ1v) is 4.88. The third-order valence-corrected chi connectivity index (χ3v) is 2.60. The zero-order valence-electron chi connectivity index (χ0n) is 8.21. The van der Waals surface area contributed by atoms with Crippen LogP contribution in [-0.2, 0) is 17.6 Å². The smallest absolute Gasteiger partial charge is 0.221 e. The molecule has 2 rings (SSSR count). The minimum absolute atomic E-state index is 0.0935. The second-order valence-corrected chi connectivity index (χ2v) is 3.70. The number of nitrogens with one attached hydrogen (secondary N) is 1. The molecular formula is C10H14N2O2. The number of nitrogens with zero attached hydrogens (tertiary/aromatic N) is 1. The van der Waals surface area contributed by atoms with Crippen LogP contribution in [-0.4, -0.2) is 15.8 Å². The summed E-state index contributed by atoms with van der Waals surface area (Å²) in [6.45, 7) is 1.48. The van der Waals surface area contributed by atoms with Crippen LogP contribution in [0.25, 0.3) is 0 Å². The molecule has 1 aliphatic carbocycles. The van der Waals surface area contributed by atoms with E-state index in [9.17, 15) is 10.0 Å². The zero-order chi connectivity index (χ0) is 10.1. The number of amides is 1. The lowest BCUT2D eigenvalue weighted by atomic mass is 9.97. The summed E-state index contributed by atoms with van der Waals surface area (Å²) in [7, 11) is 0. The lowest BCUT2D eigenvalue weighted by molar-refractivity contribution is -0.114. The van der Waals surface area contributed by atoms with Gasteiger partial charge in [0.2, 0.25) is 5.91 Å². The summed E-state index contributed by atoms with van der Waals surface area (Å²) in [6, 6.07) is 0. The molecule has 0 aromatic carbocycles. The summed E-state index contributed by atoms with van der Waals surface area (Å²) >= 11 is 0. The minimum Gasteiger partial charge on any atom is -0.429 e. The molecule has 0 aliphatic heterocycles. The number of rotatable bonds is 1. The molecule has 1 aromatic heterocycles. The standard InChI is InChI=1S/C10H14N2O2/c1-7(13)11-9-6-12(14)10-5-3-2-4-8(9)10/h6,14H,2-5H2,1H3,(H,11,13). The Morgan fingerprint density at radius 3 is 2.93 bits per heavy atom. The van der Waals surface area contributed by atoms with Crippen LogP contribution in [0.2, 0.25) is 0 Å². The molecule has 0 fully saturated rings. The van der Waals surface area contributed by atoms with Gasteiger partial charge in [-0.2, -0.15) is 4.73 Å². The van der Waals surface area contributed by atoms with Crippen molar-refractivity contribution in [3.63, 3.8) is 0 Å². The molecular weight excluding hydrogens is 180 g/mol. The molecule has 4 heteroatoms. The highest BCUT2D eigenvalue weighted by molar-refractivity contribution is 5.89. The first kappa shape index (κ1) is 9.12. The molecule has 0 unspecified atom stereocenters. The first-order chi connectivity index (χ1) is 6.68. The van der Waals surface area contributed by atoms with Crippen molar-refractivity contribution in [1.82, 2.24) is 4.73 Å². The van der Waals surface area contributed by atoms with E-state index < -0.39 is 0 Å². The number of hydrogen-bond donors (Lipinski definition) is 2. The van der Waals surface area contributed by atoms with Gasteiger partial charge in [-0.15, -0.1) is 0 Å². The summed E-state index contributed by atoms with van der Waals surface area (Å²) in [5.41, 5.74) is 2.80. The summed E-state index contributed by atoms with van der Waals surface area (Å²) in [6.07, 6.45) is 5.65. The van der Waals surface area contributed by atoms with Crippen LogP contribution in [0.1, 0.15) is 31.0 Å². The number of carbonyl (C=O) groups is 1. The Balaban J connectivity index is 2.36. The molecule has 14 heavy (non-hydrogen) atoms. The summed E-state index contributed by atoms with van der Waals surface area (Å²) in [4.78, 5) is 10.9. The molecule has 0 saturated carbocycles. The van der Waals surface area contributed by atoms with Gasteiger partial charge in [0, 0.05) is 12.5 Å². The number of fused-ring (bicyclic) bond motifs is 1. The summed E-state index contributed by atoms with van der Waals surface area (Å²) < 4.78 is 1.14. The minimum atomic E-state index is -0.0935. The second-order valence-electron chi connectivity index (χ2n) is 3.70. The SMILES string of the molecule is CC(=O)Nc1cn(O)c2c1CCCC2. The van der Waals surface area contributed by atoms with Crippen LogP contribution in [0.4, 0.5) is 5.69 Å². The van der Waals surface area contributed by atoms with Crippen LogP contribution in [0.3, 0.4) is 0 Å². The maximum atomic E-state index is 10.9. The van der Waals surface area contributed by atoms with Gasteiger partial charge in [-0.05, 0) is 25.7 Å². The highest BCUT2D eigenvalue weighted by atomic mass is 16.5. The molecule has 0 spiro atoms. The van der Waals surface area contributed by atoms with Gasteiger partial charge in [0.05, 0.1) is 17.6 Å². The molecule has 0 atom stereocenters. The number of aromatic nitrogens is 1. The lowest BCUT2D eigenvalue weighted by Crippen LogP contribution is -2.09. The van der Waals surface area contributed by atoms with E-state index in [1.807, 2.05) is 0 Å². The maximum absolute atomic E-state index is 10.9. The predicted octanol–water partition coefficient (Wildman–Crippen LogP) is 1.56. The van der Waals surface area contributed by atoms with Gasteiger partial charge < -0.3 is 10.5 Å². The highest BCUT2D eigenvalue weighted by Gasteiger charge is 2.19. The number of anilines is 1. The lowest BCUT2D eigenvalue weighted by Gasteiger charge is -2.13. The average Bonchev–Trinajstić information content (AvgIpc) is 2.44. The topological polar surface area (TPSA) is 54.3 Å². The number of hydrogen-bond acceptors (Lipinski definition) is 2. The normalized spacial score (nSPS) is 14.9. The molecule has 2 N–H and O–H groups in total. The Bertz CT molecular complexity index is 368. The van der Waals surface area contributed by atoms with E-state index in [0.717, 1.165) is 47.4 Å². The Hall–Kier alpha value is -1.45. The van der Waals surface area contributed by atoms with E-state index in [0.29, 0.717) is 0 Å². The molecule has 1 aliphatic rings. The third-order valence-electron chi connectivity index (χ3n) is 2.60. The van der Waals surface area contributed by atoms with Gasteiger partial charge >= 0.3 is 0 Å². The van der Waals surface area contributed by atoms with Crippen LogP contribution in [0, 0.1) is 0 Å². The van der Waals surface area contributed by atoms with E-state index in [1.54, 1.807) is 6.20 Å². The van der Waals surface area contributed by atoms with Gasteiger partial charge in [0.15, 0.2) is 0 Å². The fourth-order valence-corrected chi connectivity index (χ4v) is 2.01. The van der Waals surface area contributed by atoms with Gasteiger partial charge in [-0.25, -0.2) is 0 Å². The molecule has 76 valence electrons. The van der Waals surface area contributed by atoms with Crippen molar-refractivity contribution < 1.29 is 10.0 Å².